The standard InChI is InChI=1S/C16H22N2O2/c1-16(2,3)20-15(19)18-11-5-4-6-14(18)12-7-9-13(17)10-8-12/h4-5,7-10,14H,6,11,17H2,1-3H3. The second-order valence-corrected chi connectivity index (χ2v) is 6.02. The van der Waals surface area contributed by atoms with Gasteiger partial charge in [-0.15, -0.1) is 0 Å². The molecule has 0 saturated heterocycles. The molecule has 2 rings (SSSR count). The molecular weight excluding hydrogens is 252 g/mol. The average molecular weight is 274 g/mol. The van der Waals surface area contributed by atoms with Gasteiger partial charge in [0.2, 0.25) is 0 Å². The molecular formula is C16H22N2O2. The Morgan fingerprint density at radius 3 is 2.50 bits per heavy atom. The van der Waals surface area contributed by atoms with Crippen LogP contribution >= 0.6 is 0 Å². The minimum Gasteiger partial charge on any atom is -0.444 e. The average Bonchev–Trinajstić information content (AvgIpc) is 2.38. The van der Waals surface area contributed by atoms with E-state index in [1.807, 2.05) is 51.1 Å². The van der Waals surface area contributed by atoms with E-state index < -0.39 is 5.60 Å². The normalized spacial score (nSPS) is 18.9. The summed E-state index contributed by atoms with van der Waals surface area (Å²) in [5.74, 6) is 0. The van der Waals surface area contributed by atoms with Crippen LogP contribution in [0.2, 0.25) is 0 Å². The quantitative estimate of drug-likeness (QED) is 0.630. The molecule has 0 spiro atoms. The number of benzene rings is 1. The minimum absolute atomic E-state index is 0.00968. The number of nitrogens with zero attached hydrogens (tertiary/aromatic N) is 1. The van der Waals surface area contributed by atoms with Crippen LogP contribution < -0.4 is 5.73 Å². The number of rotatable bonds is 1. The van der Waals surface area contributed by atoms with Gasteiger partial charge in [0.15, 0.2) is 0 Å². The van der Waals surface area contributed by atoms with Crippen LogP contribution in [-0.2, 0) is 4.74 Å². The van der Waals surface area contributed by atoms with Gasteiger partial charge in [0.25, 0.3) is 0 Å². The first-order valence-electron chi connectivity index (χ1n) is 6.87. The number of hydrogen-bond acceptors (Lipinski definition) is 3. The topological polar surface area (TPSA) is 55.6 Å². The van der Waals surface area contributed by atoms with Gasteiger partial charge in [-0.2, -0.15) is 0 Å². The third-order valence-corrected chi connectivity index (χ3v) is 3.15. The zero-order chi connectivity index (χ0) is 14.8. The Balaban J connectivity index is 2.19. The molecule has 1 aliphatic heterocycles. The molecule has 1 aromatic carbocycles. The van der Waals surface area contributed by atoms with Crippen LogP contribution in [0.3, 0.4) is 0 Å². The molecule has 4 heteroatoms. The zero-order valence-corrected chi connectivity index (χ0v) is 12.3. The second-order valence-electron chi connectivity index (χ2n) is 6.02. The van der Waals surface area contributed by atoms with Gasteiger partial charge in [-0.25, -0.2) is 4.79 Å². The lowest BCUT2D eigenvalue weighted by atomic mass is 9.99. The van der Waals surface area contributed by atoms with Gasteiger partial charge in [0.05, 0.1) is 6.04 Å². The summed E-state index contributed by atoms with van der Waals surface area (Å²) in [6, 6.07) is 7.67. The number of anilines is 1. The van der Waals surface area contributed by atoms with Crippen molar-refractivity contribution in [1.82, 2.24) is 4.90 Å². The number of amides is 1. The Morgan fingerprint density at radius 1 is 1.25 bits per heavy atom. The number of nitrogen functional groups attached to an aromatic ring is 1. The van der Waals surface area contributed by atoms with Crippen molar-refractivity contribution in [2.24, 2.45) is 0 Å². The molecule has 2 N–H and O–H groups in total. The maximum absolute atomic E-state index is 12.3. The lowest BCUT2D eigenvalue weighted by Gasteiger charge is -2.34. The number of ether oxygens (including phenoxy) is 1. The number of carbonyl (C=O) groups excluding carboxylic acids is 1. The van der Waals surface area contributed by atoms with Crippen LogP contribution in [-0.4, -0.2) is 23.1 Å². The molecule has 1 aromatic rings. The monoisotopic (exact) mass is 274 g/mol. The fourth-order valence-corrected chi connectivity index (χ4v) is 2.22. The zero-order valence-electron chi connectivity index (χ0n) is 12.3. The summed E-state index contributed by atoms with van der Waals surface area (Å²) in [4.78, 5) is 14.1. The Bertz CT molecular complexity index is 500. The molecule has 0 radical (unpaired) electrons. The molecule has 0 bridgehead atoms. The maximum atomic E-state index is 12.3. The highest BCUT2D eigenvalue weighted by atomic mass is 16.6. The van der Waals surface area contributed by atoms with Crippen LogP contribution in [0, 0.1) is 0 Å². The van der Waals surface area contributed by atoms with Crippen molar-refractivity contribution in [3.8, 4) is 0 Å². The van der Waals surface area contributed by atoms with E-state index >= 15 is 0 Å². The van der Waals surface area contributed by atoms with E-state index in [9.17, 15) is 4.79 Å². The maximum Gasteiger partial charge on any atom is 0.411 e. The lowest BCUT2D eigenvalue weighted by molar-refractivity contribution is 0.0176. The van der Waals surface area contributed by atoms with Gasteiger partial charge in [-0.3, -0.25) is 4.90 Å². The summed E-state index contributed by atoms with van der Waals surface area (Å²) >= 11 is 0. The largest absolute Gasteiger partial charge is 0.444 e. The Kier molecular flexibility index (Phi) is 4.02. The van der Waals surface area contributed by atoms with Crippen LogP contribution in [0.15, 0.2) is 36.4 Å². The summed E-state index contributed by atoms with van der Waals surface area (Å²) in [7, 11) is 0. The first kappa shape index (κ1) is 14.4. The first-order valence-corrected chi connectivity index (χ1v) is 6.87. The van der Waals surface area contributed by atoms with Crippen LogP contribution in [0.5, 0.6) is 0 Å². The van der Waals surface area contributed by atoms with Crippen molar-refractivity contribution in [3.63, 3.8) is 0 Å². The molecule has 1 unspecified atom stereocenters. The van der Waals surface area contributed by atoms with E-state index in [1.165, 1.54) is 0 Å². The Labute approximate surface area is 120 Å². The van der Waals surface area contributed by atoms with Gasteiger partial charge in [-0.1, -0.05) is 24.3 Å². The molecule has 0 saturated carbocycles. The Hall–Kier alpha value is -1.97. The van der Waals surface area contributed by atoms with Crippen LogP contribution in [0.25, 0.3) is 0 Å². The van der Waals surface area contributed by atoms with Gasteiger partial charge < -0.3 is 10.5 Å². The smallest absolute Gasteiger partial charge is 0.411 e. The van der Waals surface area contributed by atoms with Crippen molar-refractivity contribution in [1.29, 1.82) is 0 Å². The Morgan fingerprint density at radius 2 is 1.90 bits per heavy atom. The summed E-state index contributed by atoms with van der Waals surface area (Å²) in [5.41, 5.74) is 7.04. The molecule has 0 aromatic heterocycles. The molecule has 1 aliphatic rings. The molecule has 0 fully saturated rings. The van der Waals surface area contributed by atoms with Crippen LogP contribution in [0.1, 0.15) is 38.8 Å². The molecule has 108 valence electrons. The molecule has 20 heavy (non-hydrogen) atoms. The van der Waals surface area contributed by atoms with E-state index in [-0.39, 0.29) is 12.1 Å². The van der Waals surface area contributed by atoms with Gasteiger partial charge >= 0.3 is 6.09 Å². The lowest BCUT2D eigenvalue weighted by Crippen LogP contribution is -2.40. The molecule has 1 atom stereocenters. The molecule has 0 aliphatic carbocycles. The van der Waals surface area contributed by atoms with Crippen molar-refractivity contribution in [2.45, 2.75) is 38.8 Å². The van der Waals surface area contributed by atoms with Crippen molar-refractivity contribution < 1.29 is 9.53 Å². The first-order chi connectivity index (χ1) is 9.37. The predicted molar refractivity (Wildman–Crippen MR) is 80.3 cm³/mol. The number of nitrogens with two attached hydrogens (primary N) is 1. The molecule has 1 heterocycles. The van der Waals surface area contributed by atoms with Crippen molar-refractivity contribution in [3.05, 3.63) is 42.0 Å². The number of carbonyl (C=O) groups is 1. The number of hydrogen-bond donors (Lipinski definition) is 1. The highest BCUT2D eigenvalue weighted by Crippen LogP contribution is 2.29. The summed E-state index contributed by atoms with van der Waals surface area (Å²) in [6.45, 7) is 6.21. The summed E-state index contributed by atoms with van der Waals surface area (Å²) < 4.78 is 5.48. The molecule has 4 nitrogen and oxygen atoms in total. The van der Waals surface area contributed by atoms with E-state index in [1.54, 1.807) is 4.90 Å². The second kappa shape index (κ2) is 5.57. The summed E-state index contributed by atoms with van der Waals surface area (Å²) in [6.07, 6.45) is 4.62. The van der Waals surface area contributed by atoms with Crippen molar-refractivity contribution >= 4 is 11.8 Å². The van der Waals surface area contributed by atoms with E-state index in [4.69, 9.17) is 10.5 Å². The van der Waals surface area contributed by atoms with Crippen LogP contribution in [0.4, 0.5) is 10.5 Å². The fraction of sp³-hybridized carbons (Fsp3) is 0.438. The predicted octanol–water partition coefficient (Wildman–Crippen LogP) is 3.51. The fourth-order valence-electron chi connectivity index (χ4n) is 2.22. The minimum atomic E-state index is -0.482. The highest BCUT2D eigenvalue weighted by Gasteiger charge is 2.29. The van der Waals surface area contributed by atoms with Crippen molar-refractivity contribution in [2.75, 3.05) is 12.3 Å². The van der Waals surface area contributed by atoms with E-state index in [2.05, 4.69) is 6.08 Å². The third-order valence-electron chi connectivity index (χ3n) is 3.15. The summed E-state index contributed by atoms with van der Waals surface area (Å²) in [5, 5.41) is 0. The van der Waals surface area contributed by atoms with Gasteiger partial charge in [0, 0.05) is 12.2 Å². The molecule has 1 amide bonds. The van der Waals surface area contributed by atoms with Gasteiger partial charge in [-0.05, 0) is 44.9 Å². The third kappa shape index (κ3) is 3.53. The van der Waals surface area contributed by atoms with Gasteiger partial charge in [0.1, 0.15) is 5.60 Å². The SMILES string of the molecule is CC(C)(C)OC(=O)N1CC=CCC1c1ccc(N)cc1. The van der Waals surface area contributed by atoms with E-state index in [0.29, 0.717) is 6.54 Å². The highest BCUT2D eigenvalue weighted by molar-refractivity contribution is 5.69. The van der Waals surface area contributed by atoms with E-state index in [0.717, 1.165) is 17.7 Å².